The number of nitrogens with one attached hydrogen (secondary N) is 3. The molecule has 0 aliphatic rings. The minimum atomic E-state index is -0.857. The predicted molar refractivity (Wildman–Crippen MR) is 112 cm³/mol. The normalized spacial score (nSPS) is 10.3. The van der Waals surface area contributed by atoms with Gasteiger partial charge in [-0.15, -0.1) is 0 Å². The summed E-state index contributed by atoms with van der Waals surface area (Å²) < 4.78 is 0. The summed E-state index contributed by atoms with van der Waals surface area (Å²) in [6.07, 6.45) is 1.08. The van der Waals surface area contributed by atoms with Gasteiger partial charge >= 0.3 is 5.69 Å². The van der Waals surface area contributed by atoms with Crippen molar-refractivity contribution in [2.45, 2.75) is 13.8 Å². The van der Waals surface area contributed by atoms with Gasteiger partial charge in [-0.1, -0.05) is 24.3 Å². The fourth-order valence-electron chi connectivity index (χ4n) is 2.76. The Morgan fingerprint density at radius 3 is 2.35 bits per heavy atom. The van der Waals surface area contributed by atoms with Crippen molar-refractivity contribution in [3.63, 3.8) is 0 Å². The molecular weight excluding hydrogens is 406 g/mol. The van der Waals surface area contributed by atoms with Crippen molar-refractivity contribution in [3.05, 3.63) is 85.7 Å². The van der Waals surface area contributed by atoms with E-state index in [0.29, 0.717) is 5.69 Å². The molecule has 0 spiro atoms. The number of para-hydroxylation sites is 1. The molecule has 0 unspecified atom stereocenters. The van der Waals surface area contributed by atoms with E-state index in [4.69, 9.17) is 0 Å². The maximum absolute atomic E-state index is 12.4. The molecule has 158 valence electrons. The van der Waals surface area contributed by atoms with E-state index in [1.807, 2.05) is 19.9 Å². The molecule has 0 fully saturated rings. The minimum Gasteiger partial charge on any atom is -0.334 e. The Balaban J connectivity index is 1.88. The molecule has 31 heavy (non-hydrogen) atoms. The molecule has 3 N–H and O–H groups in total. The number of anilines is 3. The number of benzene rings is 2. The van der Waals surface area contributed by atoms with E-state index in [1.165, 1.54) is 24.3 Å². The number of carbonyl (C=O) groups is 1. The molecule has 0 atom stereocenters. The number of aromatic nitrogens is 2. The Morgan fingerprint density at radius 2 is 1.65 bits per heavy atom. The van der Waals surface area contributed by atoms with Gasteiger partial charge in [0.1, 0.15) is 11.9 Å². The van der Waals surface area contributed by atoms with Crippen molar-refractivity contribution in [1.82, 2.24) is 15.4 Å². The van der Waals surface area contributed by atoms with Crippen LogP contribution in [0.5, 0.6) is 0 Å². The highest BCUT2D eigenvalue weighted by atomic mass is 16.6. The van der Waals surface area contributed by atoms with E-state index < -0.39 is 27.1 Å². The maximum atomic E-state index is 12.4. The third kappa shape index (κ3) is 4.53. The van der Waals surface area contributed by atoms with E-state index >= 15 is 0 Å². The van der Waals surface area contributed by atoms with Crippen LogP contribution in [0.3, 0.4) is 0 Å². The summed E-state index contributed by atoms with van der Waals surface area (Å²) in [5.41, 5.74) is 5.92. The summed E-state index contributed by atoms with van der Waals surface area (Å²) in [5.74, 6) is -1.24. The predicted octanol–water partition coefficient (Wildman–Crippen LogP) is 3.41. The number of hydrazine groups is 1. The number of aryl methyl sites for hydroxylation is 1. The summed E-state index contributed by atoms with van der Waals surface area (Å²) in [7, 11) is 0. The van der Waals surface area contributed by atoms with Crippen molar-refractivity contribution in [2.75, 3.05) is 10.7 Å². The molecule has 1 amide bonds. The van der Waals surface area contributed by atoms with Crippen LogP contribution in [-0.4, -0.2) is 25.7 Å². The fourth-order valence-corrected chi connectivity index (χ4v) is 2.76. The fraction of sp³-hybridized carbons (Fsp3) is 0.105. The summed E-state index contributed by atoms with van der Waals surface area (Å²) in [4.78, 5) is 41.5. The second-order valence-corrected chi connectivity index (χ2v) is 6.40. The summed E-state index contributed by atoms with van der Waals surface area (Å²) >= 11 is 0. The van der Waals surface area contributed by atoms with Crippen molar-refractivity contribution < 1.29 is 14.6 Å². The first-order valence-corrected chi connectivity index (χ1v) is 8.92. The van der Waals surface area contributed by atoms with Crippen LogP contribution in [0.25, 0.3) is 0 Å². The standard InChI is InChI=1S/C19H17N7O5/c1-11-6-5-8-14(12(11)2)22-17-16(26(30)31)18(21-10-20-17)23-24-19(27)13-7-3-4-9-15(13)25(28)29/h3-10H,1-2H3,(H,24,27)(H2,20,21,22,23). The van der Waals surface area contributed by atoms with Crippen molar-refractivity contribution >= 4 is 34.6 Å². The molecule has 0 bridgehead atoms. The van der Waals surface area contributed by atoms with Gasteiger partial charge in [-0.25, -0.2) is 9.97 Å². The zero-order valence-electron chi connectivity index (χ0n) is 16.4. The maximum Gasteiger partial charge on any atom is 0.355 e. The van der Waals surface area contributed by atoms with Crippen LogP contribution < -0.4 is 16.2 Å². The SMILES string of the molecule is Cc1cccc(Nc2ncnc(NNC(=O)c3ccccc3[N+](=O)[O-])c2[N+](=O)[O-])c1C. The van der Waals surface area contributed by atoms with Gasteiger partial charge in [0.25, 0.3) is 11.6 Å². The van der Waals surface area contributed by atoms with Gasteiger partial charge in [0.05, 0.1) is 9.85 Å². The molecule has 1 heterocycles. The van der Waals surface area contributed by atoms with Gasteiger partial charge in [-0.3, -0.25) is 35.9 Å². The first-order valence-electron chi connectivity index (χ1n) is 8.92. The van der Waals surface area contributed by atoms with Crippen LogP contribution in [0, 0.1) is 34.1 Å². The third-order valence-corrected chi connectivity index (χ3v) is 4.50. The van der Waals surface area contributed by atoms with E-state index in [9.17, 15) is 25.0 Å². The largest absolute Gasteiger partial charge is 0.355 e. The smallest absolute Gasteiger partial charge is 0.334 e. The van der Waals surface area contributed by atoms with E-state index in [2.05, 4.69) is 26.1 Å². The van der Waals surface area contributed by atoms with Crippen LogP contribution >= 0.6 is 0 Å². The quantitative estimate of drug-likeness (QED) is 0.381. The Bertz CT molecular complexity index is 1180. The zero-order valence-corrected chi connectivity index (χ0v) is 16.4. The van der Waals surface area contributed by atoms with Crippen molar-refractivity contribution in [3.8, 4) is 0 Å². The number of amides is 1. The number of nitro groups is 2. The van der Waals surface area contributed by atoms with Crippen LogP contribution in [0.1, 0.15) is 21.5 Å². The lowest BCUT2D eigenvalue weighted by Gasteiger charge is -2.13. The number of nitro benzene ring substituents is 1. The number of hydrogen-bond acceptors (Lipinski definition) is 9. The summed E-state index contributed by atoms with van der Waals surface area (Å²) in [6.45, 7) is 3.76. The summed E-state index contributed by atoms with van der Waals surface area (Å²) in [6, 6.07) is 10.8. The Kier molecular flexibility index (Phi) is 6.00. The van der Waals surface area contributed by atoms with Crippen LogP contribution in [0.15, 0.2) is 48.8 Å². The lowest BCUT2D eigenvalue weighted by atomic mass is 10.1. The van der Waals surface area contributed by atoms with E-state index in [1.54, 1.807) is 12.1 Å². The second-order valence-electron chi connectivity index (χ2n) is 6.40. The van der Waals surface area contributed by atoms with Gasteiger partial charge < -0.3 is 5.32 Å². The Morgan fingerprint density at radius 1 is 0.935 bits per heavy atom. The Hall–Kier alpha value is -4.61. The van der Waals surface area contributed by atoms with E-state index in [0.717, 1.165) is 17.5 Å². The first-order chi connectivity index (χ1) is 14.8. The molecule has 0 radical (unpaired) electrons. The number of rotatable bonds is 7. The van der Waals surface area contributed by atoms with Gasteiger partial charge in [-0.2, -0.15) is 0 Å². The molecule has 3 aromatic rings. The highest BCUT2D eigenvalue weighted by molar-refractivity contribution is 5.98. The highest BCUT2D eigenvalue weighted by Crippen LogP contribution is 2.32. The topological polar surface area (TPSA) is 165 Å². The molecule has 3 rings (SSSR count). The number of nitrogens with zero attached hydrogens (tertiary/aromatic N) is 4. The number of hydrogen-bond donors (Lipinski definition) is 3. The summed E-state index contributed by atoms with van der Waals surface area (Å²) in [5, 5.41) is 25.7. The average molecular weight is 423 g/mol. The minimum absolute atomic E-state index is 0.0869. The third-order valence-electron chi connectivity index (χ3n) is 4.50. The van der Waals surface area contributed by atoms with Crippen molar-refractivity contribution in [1.29, 1.82) is 0 Å². The van der Waals surface area contributed by atoms with Crippen LogP contribution in [0.4, 0.5) is 28.7 Å². The molecule has 0 saturated heterocycles. The molecule has 2 aromatic carbocycles. The van der Waals surface area contributed by atoms with Crippen molar-refractivity contribution in [2.24, 2.45) is 0 Å². The molecule has 0 saturated carbocycles. The molecule has 12 nitrogen and oxygen atoms in total. The number of carbonyl (C=O) groups excluding carboxylic acids is 1. The first kappa shape index (κ1) is 21.1. The van der Waals surface area contributed by atoms with Gasteiger partial charge in [0.15, 0.2) is 0 Å². The monoisotopic (exact) mass is 423 g/mol. The van der Waals surface area contributed by atoms with Gasteiger partial charge in [-0.05, 0) is 37.1 Å². The van der Waals surface area contributed by atoms with Gasteiger partial charge in [0, 0.05) is 11.8 Å². The zero-order chi connectivity index (χ0) is 22.5. The molecule has 1 aromatic heterocycles. The lowest BCUT2D eigenvalue weighted by molar-refractivity contribution is -0.385. The van der Waals surface area contributed by atoms with Gasteiger partial charge in [0.2, 0.25) is 11.6 Å². The lowest BCUT2D eigenvalue weighted by Crippen LogP contribution is -2.30. The van der Waals surface area contributed by atoms with Crippen LogP contribution in [0.2, 0.25) is 0 Å². The average Bonchev–Trinajstić information content (AvgIpc) is 2.75. The van der Waals surface area contributed by atoms with E-state index in [-0.39, 0.29) is 17.2 Å². The molecule has 0 aliphatic carbocycles. The second kappa shape index (κ2) is 8.82. The molecule has 12 heteroatoms. The highest BCUT2D eigenvalue weighted by Gasteiger charge is 2.25. The molecule has 0 aliphatic heterocycles. The van der Waals surface area contributed by atoms with Crippen LogP contribution in [-0.2, 0) is 0 Å². The molecular formula is C19H17N7O5. The Labute approximate surface area is 175 Å².